The molecule has 4 heteroatoms. The summed E-state index contributed by atoms with van der Waals surface area (Å²) in [5.41, 5.74) is 0.0332. The Balaban J connectivity index is 1.72. The zero-order chi connectivity index (χ0) is 13.3. The van der Waals surface area contributed by atoms with E-state index in [-0.39, 0.29) is 5.41 Å². The fourth-order valence-corrected chi connectivity index (χ4v) is 3.40. The van der Waals surface area contributed by atoms with Crippen LogP contribution in [-0.2, 0) is 5.41 Å². The lowest BCUT2D eigenvalue weighted by molar-refractivity contribution is 0.243. The standard InChI is InChI=1S/C15H25N3O/c1-11-4-6-12(7-5-11)13-17-14(19-18-13)15(2)8-3-9-16-10-15/h11-12,16H,3-10H2,1-2H3. The van der Waals surface area contributed by atoms with Crippen molar-refractivity contribution in [1.29, 1.82) is 0 Å². The van der Waals surface area contributed by atoms with E-state index in [2.05, 4.69) is 24.3 Å². The number of nitrogens with one attached hydrogen (secondary N) is 1. The number of hydrogen-bond donors (Lipinski definition) is 1. The SMILES string of the molecule is CC1CCC(c2noc(C3(C)CCCNC3)n2)CC1. The molecule has 1 N–H and O–H groups in total. The Morgan fingerprint density at radius 3 is 2.74 bits per heavy atom. The number of aromatic nitrogens is 2. The molecule has 19 heavy (non-hydrogen) atoms. The summed E-state index contributed by atoms with van der Waals surface area (Å²) in [6.45, 7) is 6.64. The van der Waals surface area contributed by atoms with E-state index in [4.69, 9.17) is 9.51 Å². The lowest BCUT2D eigenvalue weighted by atomic mass is 9.82. The summed E-state index contributed by atoms with van der Waals surface area (Å²) < 4.78 is 5.59. The number of piperidine rings is 1. The van der Waals surface area contributed by atoms with Crippen LogP contribution in [0.25, 0.3) is 0 Å². The van der Waals surface area contributed by atoms with Crippen LogP contribution in [0.5, 0.6) is 0 Å². The van der Waals surface area contributed by atoms with Crippen molar-refractivity contribution in [2.75, 3.05) is 13.1 Å². The van der Waals surface area contributed by atoms with Gasteiger partial charge in [0, 0.05) is 12.5 Å². The van der Waals surface area contributed by atoms with Crippen LogP contribution in [0.1, 0.15) is 70.0 Å². The van der Waals surface area contributed by atoms with Crippen LogP contribution < -0.4 is 5.32 Å². The Hall–Kier alpha value is -0.900. The van der Waals surface area contributed by atoms with Gasteiger partial charge in [-0.25, -0.2) is 0 Å². The van der Waals surface area contributed by atoms with Crippen molar-refractivity contribution in [3.05, 3.63) is 11.7 Å². The predicted octanol–water partition coefficient (Wildman–Crippen LogP) is 3.00. The molecule has 106 valence electrons. The van der Waals surface area contributed by atoms with Crippen molar-refractivity contribution >= 4 is 0 Å². The summed E-state index contributed by atoms with van der Waals surface area (Å²) in [4.78, 5) is 4.74. The van der Waals surface area contributed by atoms with E-state index in [1.165, 1.54) is 32.1 Å². The second-order valence-electron chi connectivity index (χ2n) is 6.76. The number of nitrogens with zero attached hydrogens (tertiary/aromatic N) is 2. The Morgan fingerprint density at radius 1 is 1.26 bits per heavy atom. The maximum Gasteiger partial charge on any atom is 0.233 e. The third-order valence-corrected chi connectivity index (χ3v) is 4.94. The molecule has 1 unspecified atom stereocenters. The van der Waals surface area contributed by atoms with Gasteiger partial charge in [0.15, 0.2) is 5.82 Å². The fourth-order valence-electron chi connectivity index (χ4n) is 3.40. The highest BCUT2D eigenvalue weighted by atomic mass is 16.5. The van der Waals surface area contributed by atoms with E-state index in [0.29, 0.717) is 5.92 Å². The van der Waals surface area contributed by atoms with Crippen LogP contribution >= 0.6 is 0 Å². The minimum Gasteiger partial charge on any atom is -0.339 e. The van der Waals surface area contributed by atoms with Crippen molar-refractivity contribution < 1.29 is 4.52 Å². The van der Waals surface area contributed by atoms with E-state index in [0.717, 1.165) is 37.1 Å². The quantitative estimate of drug-likeness (QED) is 0.891. The summed E-state index contributed by atoms with van der Waals surface area (Å²) in [6.07, 6.45) is 7.36. The molecule has 4 nitrogen and oxygen atoms in total. The molecule has 3 rings (SSSR count). The van der Waals surface area contributed by atoms with E-state index in [1.54, 1.807) is 0 Å². The fraction of sp³-hybridized carbons (Fsp3) is 0.867. The molecule has 2 heterocycles. The number of hydrogen-bond acceptors (Lipinski definition) is 4. The van der Waals surface area contributed by atoms with Gasteiger partial charge in [0.1, 0.15) is 0 Å². The first-order valence-corrected chi connectivity index (χ1v) is 7.72. The van der Waals surface area contributed by atoms with Crippen LogP contribution in [0.4, 0.5) is 0 Å². The molecule has 1 saturated heterocycles. The first-order valence-electron chi connectivity index (χ1n) is 7.72. The van der Waals surface area contributed by atoms with Gasteiger partial charge in [-0.3, -0.25) is 0 Å². The minimum absolute atomic E-state index is 0.0332. The maximum absolute atomic E-state index is 5.59. The second-order valence-corrected chi connectivity index (χ2v) is 6.76. The average Bonchev–Trinajstić information content (AvgIpc) is 2.91. The topological polar surface area (TPSA) is 51.0 Å². The summed E-state index contributed by atoms with van der Waals surface area (Å²) in [7, 11) is 0. The Labute approximate surface area is 115 Å². The first kappa shape index (κ1) is 13.1. The molecule has 1 aliphatic heterocycles. The van der Waals surface area contributed by atoms with Crippen LogP contribution in [0.3, 0.4) is 0 Å². The molecular formula is C15H25N3O. The van der Waals surface area contributed by atoms with Gasteiger partial charge in [0.2, 0.25) is 5.89 Å². The summed E-state index contributed by atoms with van der Waals surface area (Å²) in [5, 5.41) is 7.71. The Morgan fingerprint density at radius 2 is 2.05 bits per heavy atom. The summed E-state index contributed by atoms with van der Waals surface area (Å²) in [5.74, 6) is 3.18. The van der Waals surface area contributed by atoms with Crippen LogP contribution in [-0.4, -0.2) is 23.2 Å². The van der Waals surface area contributed by atoms with Gasteiger partial charge in [-0.05, 0) is 45.1 Å². The minimum atomic E-state index is 0.0332. The van der Waals surface area contributed by atoms with Crippen LogP contribution in [0, 0.1) is 5.92 Å². The maximum atomic E-state index is 5.59. The zero-order valence-corrected chi connectivity index (χ0v) is 12.1. The molecule has 0 amide bonds. The van der Waals surface area contributed by atoms with Gasteiger partial charge in [0.25, 0.3) is 0 Å². The molecular weight excluding hydrogens is 238 g/mol. The molecule has 1 aromatic heterocycles. The van der Waals surface area contributed by atoms with E-state index in [9.17, 15) is 0 Å². The third kappa shape index (κ3) is 2.69. The van der Waals surface area contributed by atoms with Crippen molar-refractivity contribution in [3.8, 4) is 0 Å². The molecule has 2 fully saturated rings. The Bertz CT molecular complexity index is 415. The molecule has 0 radical (unpaired) electrons. The highest BCUT2D eigenvalue weighted by Crippen LogP contribution is 2.36. The molecule has 1 saturated carbocycles. The van der Waals surface area contributed by atoms with Crippen molar-refractivity contribution in [2.24, 2.45) is 5.92 Å². The van der Waals surface area contributed by atoms with E-state index in [1.807, 2.05) is 0 Å². The van der Waals surface area contributed by atoms with E-state index >= 15 is 0 Å². The molecule has 1 atom stereocenters. The predicted molar refractivity (Wildman–Crippen MR) is 74.1 cm³/mol. The highest BCUT2D eigenvalue weighted by Gasteiger charge is 2.35. The smallest absolute Gasteiger partial charge is 0.233 e. The van der Waals surface area contributed by atoms with Gasteiger partial charge in [0.05, 0.1) is 5.41 Å². The molecule has 0 aromatic carbocycles. The summed E-state index contributed by atoms with van der Waals surface area (Å²) in [6, 6.07) is 0. The Kier molecular flexibility index (Phi) is 3.61. The van der Waals surface area contributed by atoms with Gasteiger partial charge >= 0.3 is 0 Å². The monoisotopic (exact) mass is 263 g/mol. The molecule has 0 spiro atoms. The summed E-state index contributed by atoms with van der Waals surface area (Å²) >= 11 is 0. The van der Waals surface area contributed by atoms with Gasteiger partial charge in [-0.15, -0.1) is 0 Å². The molecule has 2 aliphatic rings. The number of rotatable bonds is 2. The van der Waals surface area contributed by atoms with Gasteiger partial charge in [-0.2, -0.15) is 4.98 Å². The highest BCUT2D eigenvalue weighted by molar-refractivity contribution is 5.08. The third-order valence-electron chi connectivity index (χ3n) is 4.94. The van der Waals surface area contributed by atoms with Crippen molar-refractivity contribution in [3.63, 3.8) is 0 Å². The largest absolute Gasteiger partial charge is 0.339 e. The normalized spacial score (nSPS) is 36.3. The first-order chi connectivity index (χ1) is 9.17. The molecule has 1 aliphatic carbocycles. The lowest BCUT2D eigenvalue weighted by Gasteiger charge is -2.30. The van der Waals surface area contributed by atoms with Crippen molar-refractivity contribution in [2.45, 2.75) is 63.7 Å². The second kappa shape index (κ2) is 5.23. The molecule has 0 bridgehead atoms. The van der Waals surface area contributed by atoms with Gasteiger partial charge in [-0.1, -0.05) is 24.9 Å². The molecule has 1 aromatic rings. The van der Waals surface area contributed by atoms with Gasteiger partial charge < -0.3 is 9.84 Å². The zero-order valence-electron chi connectivity index (χ0n) is 12.1. The lowest BCUT2D eigenvalue weighted by Crippen LogP contribution is -2.41. The average molecular weight is 263 g/mol. The van der Waals surface area contributed by atoms with E-state index < -0.39 is 0 Å². The van der Waals surface area contributed by atoms with Crippen LogP contribution in [0.2, 0.25) is 0 Å². The van der Waals surface area contributed by atoms with Crippen LogP contribution in [0.15, 0.2) is 4.52 Å². The van der Waals surface area contributed by atoms with Crippen molar-refractivity contribution in [1.82, 2.24) is 15.5 Å².